The van der Waals surface area contributed by atoms with Crippen molar-refractivity contribution >= 4 is 40.4 Å². The Morgan fingerprint density at radius 1 is 1.38 bits per heavy atom. The van der Waals surface area contributed by atoms with Crippen LogP contribution in [0.2, 0.25) is 5.02 Å². The second-order valence-corrected chi connectivity index (χ2v) is 6.51. The molecule has 0 saturated carbocycles. The molecule has 2 rings (SSSR count). The van der Waals surface area contributed by atoms with Crippen molar-refractivity contribution in [3.8, 4) is 0 Å². The van der Waals surface area contributed by atoms with Crippen LogP contribution in [0.15, 0.2) is 41.5 Å². The van der Waals surface area contributed by atoms with Gasteiger partial charge in [0, 0.05) is 11.8 Å². The second kappa shape index (κ2) is 8.80. The van der Waals surface area contributed by atoms with Crippen LogP contribution in [0.4, 0.5) is 8.78 Å². The van der Waals surface area contributed by atoms with Gasteiger partial charge >= 0.3 is 0 Å². The van der Waals surface area contributed by atoms with Crippen molar-refractivity contribution in [1.82, 2.24) is 4.98 Å². The Bertz CT molecular complexity index is 761. The Balaban J connectivity index is 2.22. The topological polar surface area (TPSA) is 51.3 Å². The number of pyridine rings is 1. The molecular weight excluding hydrogens is 352 g/mol. The van der Waals surface area contributed by atoms with E-state index in [4.69, 9.17) is 17.3 Å². The number of nitrogens with two attached hydrogens (primary N) is 1. The van der Waals surface area contributed by atoms with Crippen molar-refractivity contribution in [3.63, 3.8) is 0 Å². The lowest BCUT2D eigenvalue weighted by molar-refractivity contribution is 0.610. The molecule has 0 fully saturated rings. The molecule has 7 heteroatoms. The van der Waals surface area contributed by atoms with Gasteiger partial charge in [0.2, 0.25) is 0 Å². The van der Waals surface area contributed by atoms with Gasteiger partial charge in [-0.15, -0.1) is 0 Å². The molecule has 24 heavy (non-hydrogen) atoms. The van der Waals surface area contributed by atoms with E-state index in [1.807, 2.05) is 6.92 Å². The molecule has 0 atom stereocenters. The van der Waals surface area contributed by atoms with Gasteiger partial charge in [-0.1, -0.05) is 36.4 Å². The van der Waals surface area contributed by atoms with Crippen LogP contribution in [0.5, 0.6) is 0 Å². The van der Waals surface area contributed by atoms with Crippen LogP contribution in [0.3, 0.4) is 0 Å². The average Bonchev–Trinajstić information content (AvgIpc) is 2.56. The average molecular weight is 368 g/mol. The summed E-state index contributed by atoms with van der Waals surface area (Å²) in [5.74, 6) is -0.149. The van der Waals surface area contributed by atoms with E-state index < -0.39 is 11.6 Å². The minimum absolute atomic E-state index is 0.104. The van der Waals surface area contributed by atoms with Gasteiger partial charge in [0.25, 0.3) is 0 Å². The molecule has 2 aromatic rings. The first-order chi connectivity index (χ1) is 11.5. The van der Waals surface area contributed by atoms with Crippen molar-refractivity contribution in [2.45, 2.75) is 13.5 Å². The highest BCUT2D eigenvalue weighted by Crippen LogP contribution is 2.21. The van der Waals surface area contributed by atoms with Gasteiger partial charge in [0.1, 0.15) is 11.6 Å². The maximum atomic E-state index is 14.2. The molecule has 0 aliphatic carbocycles. The molecule has 0 radical (unpaired) electrons. The van der Waals surface area contributed by atoms with Gasteiger partial charge in [0.05, 0.1) is 17.3 Å². The summed E-state index contributed by atoms with van der Waals surface area (Å²) in [5.41, 5.74) is 6.71. The SMILES string of the molecule is CCS/C(N)=N\Cc1cc(/C=C(\F)c2ccc(Cl)cn2)ccc1F. The zero-order chi connectivity index (χ0) is 17.5. The molecule has 0 spiro atoms. The van der Waals surface area contributed by atoms with E-state index in [9.17, 15) is 8.78 Å². The molecule has 1 heterocycles. The Hall–Kier alpha value is -1.92. The lowest BCUT2D eigenvalue weighted by Crippen LogP contribution is -2.07. The molecule has 0 unspecified atom stereocenters. The fraction of sp³-hybridized carbons (Fsp3) is 0.176. The fourth-order valence-electron chi connectivity index (χ4n) is 1.90. The van der Waals surface area contributed by atoms with E-state index >= 15 is 0 Å². The van der Waals surface area contributed by atoms with Crippen LogP contribution in [-0.2, 0) is 6.54 Å². The van der Waals surface area contributed by atoms with Gasteiger partial charge in [-0.3, -0.25) is 9.98 Å². The summed E-state index contributed by atoms with van der Waals surface area (Å²) in [4.78, 5) is 8.01. The monoisotopic (exact) mass is 367 g/mol. The van der Waals surface area contributed by atoms with E-state index in [1.165, 1.54) is 48.3 Å². The molecule has 3 nitrogen and oxygen atoms in total. The Kier molecular flexibility index (Phi) is 6.75. The fourth-order valence-corrected chi connectivity index (χ4v) is 2.46. The van der Waals surface area contributed by atoms with Crippen molar-refractivity contribution in [3.05, 3.63) is 64.2 Å². The second-order valence-electron chi connectivity index (χ2n) is 4.79. The molecule has 0 amide bonds. The number of aliphatic imine (C=N–C) groups is 1. The zero-order valence-electron chi connectivity index (χ0n) is 13.0. The molecule has 1 aromatic carbocycles. The predicted molar refractivity (Wildman–Crippen MR) is 98.1 cm³/mol. The number of benzene rings is 1. The summed E-state index contributed by atoms with van der Waals surface area (Å²) in [6, 6.07) is 7.34. The number of amidine groups is 1. The van der Waals surface area contributed by atoms with E-state index in [1.54, 1.807) is 6.07 Å². The van der Waals surface area contributed by atoms with Gasteiger partial charge in [-0.25, -0.2) is 8.78 Å². The first-order valence-corrected chi connectivity index (χ1v) is 8.56. The summed E-state index contributed by atoms with van der Waals surface area (Å²) >= 11 is 7.11. The van der Waals surface area contributed by atoms with Gasteiger partial charge < -0.3 is 5.73 Å². The molecule has 126 valence electrons. The normalized spacial score (nSPS) is 12.5. The van der Waals surface area contributed by atoms with Crippen LogP contribution in [-0.4, -0.2) is 15.9 Å². The molecule has 2 N–H and O–H groups in total. The molecule has 0 aliphatic heterocycles. The standard InChI is InChI=1S/C17H16ClF2N3S/c1-2-24-17(21)23-9-12-7-11(3-5-14(12)19)8-15(20)16-6-4-13(18)10-22-16/h3-8,10H,2,9H2,1H3,(H2,21,23)/b15-8-. The Labute approximate surface area is 148 Å². The van der Waals surface area contributed by atoms with Crippen LogP contribution in [0.25, 0.3) is 11.9 Å². The van der Waals surface area contributed by atoms with E-state index in [0.29, 0.717) is 21.3 Å². The summed E-state index contributed by atoms with van der Waals surface area (Å²) in [6.45, 7) is 2.06. The van der Waals surface area contributed by atoms with Gasteiger partial charge in [-0.2, -0.15) is 0 Å². The van der Waals surface area contributed by atoms with Crippen molar-refractivity contribution in [1.29, 1.82) is 0 Å². The van der Waals surface area contributed by atoms with Crippen LogP contribution in [0.1, 0.15) is 23.7 Å². The third-order valence-corrected chi connectivity index (χ3v) is 3.97. The Morgan fingerprint density at radius 3 is 2.83 bits per heavy atom. The maximum Gasteiger partial charge on any atom is 0.154 e. The number of halogens is 3. The number of aromatic nitrogens is 1. The number of thioether (sulfide) groups is 1. The number of hydrogen-bond donors (Lipinski definition) is 1. The zero-order valence-corrected chi connectivity index (χ0v) is 14.5. The van der Waals surface area contributed by atoms with Gasteiger partial charge in [0.15, 0.2) is 5.17 Å². The number of hydrogen-bond acceptors (Lipinski definition) is 3. The maximum absolute atomic E-state index is 14.2. The van der Waals surface area contributed by atoms with Crippen LogP contribution in [0, 0.1) is 5.82 Å². The van der Waals surface area contributed by atoms with Crippen molar-refractivity contribution in [2.75, 3.05) is 5.75 Å². The smallest absolute Gasteiger partial charge is 0.154 e. The predicted octanol–water partition coefficient (Wildman–Crippen LogP) is 4.91. The summed E-state index contributed by atoms with van der Waals surface area (Å²) < 4.78 is 28.1. The first-order valence-electron chi connectivity index (χ1n) is 7.20. The van der Waals surface area contributed by atoms with Gasteiger partial charge in [-0.05, 0) is 41.7 Å². The molecular formula is C17H16ClF2N3S. The molecule has 0 bridgehead atoms. The number of rotatable bonds is 5. The third-order valence-electron chi connectivity index (χ3n) is 3.03. The molecule has 0 aliphatic rings. The van der Waals surface area contributed by atoms with E-state index in [2.05, 4.69) is 9.98 Å². The molecule has 1 aromatic heterocycles. The molecule has 0 saturated heterocycles. The van der Waals surface area contributed by atoms with E-state index in [0.717, 1.165) is 5.75 Å². The van der Waals surface area contributed by atoms with Crippen LogP contribution < -0.4 is 5.73 Å². The highest BCUT2D eigenvalue weighted by atomic mass is 35.5. The largest absolute Gasteiger partial charge is 0.379 e. The number of nitrogens with zero attached hydrogens (tertiary/aromatic N) is 2. The first kappa shape index (κ1) is 18.4. The Morgan fingerprint density at radius 2 is 2.17 bits per heavy atom. The highest BCUT2D eigenvalue weighted by molar-refractivity contribution is 8.13. The van der Waals surface area contributed by atoms with E-state index in [-0.39, 0.29) is 12.2 Å². The minimum atomic E-state index is -0.534. The lowest BCUT2D eigenvalue weighted by Gasteiger charge is -2.04. The van der Waals surface area contributed by atoms with Crippen molar-refractivity contribution in [2.24, 2.45) is 10.7 Å². The van der Waals surface area contributed by atoms with Crippen molar-refractivity contribution < 1.29 is 8.78 Å². The highest BCUT2D eigenvalue weighted by Gasteiger charge is 2.06. The van der Waals surface area contributed by atoms with Crippen LogP contribution >= 0.6 is 23.4 Å². The summed E-state index contributed by atoms with van der Waals surface area (Å²) in [7, 11) is 0. The minimum Gasteiger partial charge on any atom is -0.379 e. The lowest BCUT2D eigenvalue weighted by atomic mass is 10.1. The quantitative estimate of drug-likeness (QED) is 0.603. The third kappa shape index (κ3) is 5.32. The summed E-state index contributed by atoms with van der Waals surface area (Å²) in [5, 5.41) is 0.824. The summed E-state index contributed by atoms with van der Waals surface area (Å²) in [6.07, 6.45) is 2.65.